The molecule has 1 aromatic heterocycles. The molecule has 0 radical (unpaired) electrons. The average molecular weight is 415 g/mol. The van der Waals surface area contributed by atoms with Gasteiger partial charge in [0.1, 0.15) is 0 Å². The van der Waals surface area contributed by atoms with Gasteiger partial charge in [-0.2, -0.15) is 0 Å². The number of fused-ring (bicyclic) bond motifs is 3. The minimum Gasteiger partial charge on any atom is -0.398 e. The average Bonchev–Trinajstić information content (AvgIpc) is 3.06. The number of aromatic nitrogens is 1. The van der Waals surface area contributed by atoms with Gasteiger partial charge in [-0.3, -0.25) is 0 Å². The minimum atomic E-state index is 0.728. The maximum Gasteiger partial charge on any atom is 0.0553 e. The van der Waals surface area contributed by atoms with Crippen LogP contribution in [0.3, 0.4) is 0 Å². The van der Waals surface area contributed by atoms with Crippen molar-refractivity contribution in [2.45, 2.75) is 10.6 Å². The van der Waals surface area contributed by atoms with Crippen LogP contribution in [-0.2, 0) is 5.75 Å². The largest absolute Gasteiger partial charge is 0.398 e. The van der Waals surface area contributed by atoms with Gasteiger partial charge in [0.15, 0.2) is 0 Å². The first-order valence-corrected chi connectivity index (χ1v) is 10.8. The molecular weight excluding hydrogens is 396 g/mol. The van der Waals surface area contributed by atoms with Crippen LogP contribution >= 0.6 is 23.4 Å². The molecular formula is C25H19ClN2S. The van der Waals surface area contributed by atoms with E-state index in [4.69, 9.17) is 17.3 Å². The fraction of sp³-hybridized carbons (Fsp3) is 0.0400. The normalized spacial score (nSPS) is 11.3. The Balaban J connectivity index is 1.70. The number of para-hydroxylation sites is 1. The van der Waals surface area contributed by atoms with Crippen molar-refractivity contribution in [2.75, 3.05) is 5.73 Å². The van der Waals surface area contributed by atoms with Crippen LogP contribution in [0.5, 0.6) is 0 Å². The van der Waals surface area contributed by atoms with Gasteiger partial charge in [-0.05, 0) is 48.0 Å². The molecule has 0 amide bonds. The molecule has 0 saturated carbocycles. The van der Waals surface area contributed by atoms with Crippen LogP contribution in [0.15, 0.2) is 95.9 Å². The number of anilines is 1. The number of rotatable bonds is 4. The number of nitrogen functional groups attached to an aromatic ring is 1. The van der Waals surface area contributed by atoms with E-state index in [1.807, 2.05) is 24.3 Å². The zero-order valence-electron chi connectivity index (χ0n) is 15.7. The van der Waals surface area contributed by atoms with Crippen molar-refractivity contribution in [1.82, 2.24) is 4.57 Å². The highest BCUT2D eigenvalue weighted by Gasteiger charge is 2.15. The first-order valence-electron chi connectivity index (χ1n) is 9.46. The molecule has 0 spiro atoms. The molecule has 0 bridgehead atoms. The molecule has 0 aliphatic carbocycles. The molecule has 29 heavy (non-hydrogen) atoms. The second-order valence-electron chi connectivity index (χ2n) is 7.01. The molecule has 5 aromatic rings. The van der Waals surface area contributed by atoms with E-state index in [0.29, 0.717) is 0 Å². The van der Waals surface area contributed by atoms with Crippen molar-refractivity contribution in [3.05, 3.63) is 102 Å². The number of halogens is 1. The van der Waals surface area contributed by atoms with E-state index in [1.165, 1.54) is 5.56 Å². The second kappa shape index (κ2) is 7.51. The molecule has 0 atom stereocenters. The zero-order chi connectivity index (χ0) is 19.8. The van der Waals surface area contributed by atoms with Crippen LogP contribution in [0, 0.1) is 0 Å². The van der Waals surface area contributed by atoms with E-state index < -0.39 is 0 Å². The number of nitrogens with two attached hydrogens (primary N) is 1. The van der Waals surface area contributed by atoms with Gasteiger partial charge >= 0.3 is 0 Å². The quantitative estimate of drug-likeness (QED) is 0.247. The molecule has 0 saturated heterocycles. The summed E-state index contributed by atoms with van der Waals surface area (Å²) >= 11 is 8.09. The third kappa shape index (κ3) is 3.37. The summed E-state index contributed by atoms with van der Waals surface area (Å²) in [6.07, 6.45) is 0. The van der Waals surface area contributed by atoms with Gasteiger partial charge < -0.3 is 10.3 Å². The summed E-state index contributed by atoms with van der Waals surface area (Å²) in [4.78, 5) is 1.09. The van der Waals surface area contributed by atoms with E-state index >= 15 is 0 Å². The molecule has 0 aliphatic rings. The van der Waals surface area contributed by atoms with Crippen molar-refractivity contribution in [2.24, 2.45) is 0 Å². The van der Waals surface area contributed by atoms with Gasteiger partial charge in [0, 0.05) is 37.8 Å². The van der Waals surface area contributed by atoms with E-state index in [1.54, 1.807) is 11.8 Å². The first-order chi connectivity index (χ1) is 14.2. The SMILES string of the molecule is Nc1cc2c3cc(Cl)ccc3n(-c3ccccc3)c2cc1SCc1ccccc1. The van der Waals surface area contributed by atoms with Crippen molar-refractivity contribution in [3.63, 3.8) is 0 Å². The van der Waals surface area contributed by atoms with Gasteiger partial charge in [-0.1, -0.05) is 60.1 Å². The molecule has 0 aliphatic heterocycles. The Kier molecular flexibility index (Phi) is 4.70. The summed E-state index contributed by atoms with van der Waals surface area (Å²) in [7, 11) is 0. The molecule has 0 unspecified atom stereocenters. The standard InChI is InChI=1S/C25H19ClN2S/c26-18-11-12-23-20(13-18)21-14-22(27)25(29-16-17-7-3-1-4-8-17)15-24(21)28(23)19-9-5-2-6-10-19/h1-15H,16,27H2. The highest BCUT2D eigenvalue weighted by Crippen LogP contribution is 2.39. The van der Waals surface area contributed by atoms with Crippen LogP contribution in [-0.4, -0.2) is 4.57 Å². The topological polar surface area (TPSA) is 30.9 Å². The van der Waals surface area contributed by atoms with Crippen LogP contribution < -0.4 is 5.73 Å². The molecule has 5 rings (SSSR count). The lowest BCUT2D eigenvalue weighted by Crippen LogP contribution is -1.95. The Labute approximate surface area is 178 Å². The monoisotopic (exact) mass is 414 g/mol. The fourth-order valence-corrected chi connectivity index (χ4v) is 4.86. The second-order valence-corrected chi connectivity index (χ2v) is 8.47. The third-order valence-corrected chi connectivity index (χ3v) is 6.49. The highest BCUT2D eigenvalue weighted by molar-refractivity contribution is 7.98. The summed E-state index contributed by atoms with van der Waals surface area (Å²) in [5.74, 6) is 0.883. The summed E-state index contributed by atoms with van der Waals surface area (Å²) < 4.78 is 2.28. The Morgan fingerprint density at radius 2 is 1.45 bits per heavy atom. The van der Waals surface area contributed by atoms with Crippen molar-refractivity contribution < 1.29 is 0 Å². The van der Waals surface area contributed by atoms with Gasteiger partial charge in [-0.25, -0.2) is 0 Å². The summed E-state index contributed by atoms with van der Waals surface area (Å²) in [6, 6.07) is 31.2. The van der Waals surface area contributed by atoms with Crippen molar-refractivity contribution >= 4 is 50.9 Å². The van der Waals surface area contributed by atoms with E-state index in [9.17, 15) is 0 Å². The Morgan fingerprint density at radius 1 is 0.759 bits per heavy atom. The highest BCUT2D eigenvalue weighted by atomic mass is 35.5. The van der Waals surface area contributed by atoms with Gasteiger partial charge in [0.25, 0.3) is 0 Å². The molecule has 2 nitrogen and oxygen atoms in total. The lowest BCUT2D eigenvalue weighted by atomic mass is 10.1. The molecule has 142 valence electrons. The molecule has 4 heteroatoms. The molecule has 4 aromatic carbocycles. The van der Waals surface area contributed by atoms with Gasteiger partial charge in [0.05, 0.1) is 11.0 Å². The van der Waals surface area contributed by atoms with Gasteiger partial charge in [0.2, 0.25) is 0 Å². The zero-order valence-corrected chi connectivity index (χ0v) is 17.3. The Bertz CT molecular complexity index is 1310. The molecule has 2 N–H and O–H groups in total. The molecule has 0 fully saturated rings. The Morgan fingerprint density at radius 3 is 2.21 bits per heavy atom. The van der Waals surface area contributed by atoms with Crippen LogP contribution in [0.25, 0.3) is 27.5 Å². The summed E-state index contributed by atoms with van der Waals surface area (Å²) in [5, 5.41) is 2.96. The maximum absolute atomic E-state index is 6.46. The fourth-order valence-electron chi connectivity index (χ4n) is 3.75. The lowest BCUT2D eigenvalue weighted by molar-refractivity contribution is 1.17. The number of benzene rings is 4. The van der Waals surface area contributed by atoms with E-state index in [0.717, 1.165) is 48.9 Å². The van der Waals surface area contributed by atoms with E-state index in [-0.39, 0.29) is 0 Å². The van der Waals surface area contributed by atoms with Gasteiger partial charge in [-0.15, -0.1) is 11.8 Å². The molecule has 1 heterocycles. The number of nitrogens with zero attached hydrogens (tertiary/aromatic N) is 1. The lowest BCUT2D eigenvalue weighted by Gasteiger charge is -2.10. The van der Waals surface area contributed by atoms with Crippen LogP contribution in [0.1, 0.15) is 5.56 Å². The number of hydrogen-bond donors (Lipinski definition) is 1. The van der Waals surface area contributed by atoms with Crippen molar-refractivity contribution in [3.8, 4) is 5.69 Å². The van der Waals surface area contributed by atoms with Crippen LogP contribution in [0.4, 0.5) is 5.69 Å². The summed E-state index contributed by atoms with van der Waals surface area (Å²) in [6.45, 7) is 0. The predicted octanol–water partition coefficient (Wildman–Crippen LogP) is 7.31. The minimum absolute atomic E-state index is 0.728. The van der Waals surface area contributed by atoms with Crippen molar-refractivity contribution in [1.29, 1.82) is 0 Å². The summed E-state index contributed by atoms with van der Waals surface area (Å²) in [5.41, 5.74) is 11.9. The maximum atomic E-state index is 6.46. The van der Waals surface area contributed by atoms with Crippen LogP contribution in [0.2, 0.25) is 5.02 Å². The van der Waals surface area contributed by atoms with E-state index in [2.05, 4.69) is 71.3 Å². The smallest absolute Gasteiger partial charge is 0.0553 e. The number of hydrogen-bond acceptors (Lipinski definition) is 2. The first kappa shape index (κ1) is 18.2. The predicted molar refractivity (Wildman–Crippen MR) is 126 cm³/mol. The number of thioether (sulfide) groups is 1. The Hall–Kier alpha value is -2.88. The third-order valence-electron chi connectivity index (χ3n) is 5.11.